The van der Waals surface area contributed by atoms with Gasteiger partial charge in [-0.25, -0.2) is 0 Å². The molecule has 4 nitrogen and oxygen atoms in total. The minimum atomic E-state index is -0.312. The lowest BCUT2D eigenvalue weighted by molar-refractivity contribution is -0.111. The van der Waals surface area contributed by atoms with Gasteiger partial charge in [-0.05, 0) is 6.08 Å². The first kappa shape index (κ1) is 10.2. The van der Waals surface area contributed by atoms with E-state index >= 15 is 0 Å². The average Bonchev–Trinajstić information content (AvgIpc) is 2.78. The molecule has 1 N–H and O–H groups in total. The fraction of sp³-hybridized carbons (Fsp3) is 0. The van der Waals surface area contributed by atoms with Crippen molar-refractivity contribution >= 4 is 11.7 Å². The van der Waals surface area contributed by atoms with E-state index in [4.69, 9.17) is 4.52 Å². The molecular formula is C12H10N2O2. The number of hydrogen-bond acceptors (Lipinski definition) is 3. The summed E-state index contributed by atoms with van der Waals surface area (Å²) in [6.45, 7) is 3.35. The molecule has 0 aliphatic heterocycles. The Morgan fingerprint density at radius 3 is 2.81 bits per heavy atom. The first-order chi connectivity index (χ1) is 7.79. The molecular weight excluding hydrogens is 204 g/mol. The Hall–Kier alpha value is -2.36. The standard InChI is InChI=1S/C12H10N2O2/c1-2-12(15)13-11-8-10(16-14-11)9-6-4-3-5-7-9/h2-8H,1H2,(H,13,14,15). The quantitative estimate of drug-likeness (QED) is 0.798. The van der Waals surface area contributed by atoms with Gasteiger partial charge in [0.2, 0.25) is 5.91 Å². The molecule has 0 spiro atoms. The van der Waals surface area contributed by atoms with Crippen LogP contribution in [-0.4, -0.2) is 11.1 Å². The van der Waals surface area contributed by atoms with E-state index in [2.05, 4.69) is 17.1 Å². The molecule has 0 fully saturated rings. The second-order valence-electron chi connectivity index (χ2n) is 3.14. The number of hydrogen-bond donors (Lipinski definition) is 1. The second kappa shape index (κ2) is 4.44. The Morgan fingerprint density at radius 1 is 1.38 bits per heavy atom. The average molecular weight is 214 g/mol. The van der Waals surface area contributed by atoms with Crippen molar-refractivity contribution in [2.75, 3.05) is 5.32 Å². The van der Waals surface area contributed by atoms with Crippen LogP contribution in [0.2, 0.25) is 0 Å². The fourth-order valence-electron chi connectivity index (χ4n) is 1.25. The maximum atomic E-state index is 11.0. The van der Waals surface area contributed by atoms with Crippen LogP contribution in [0.5, 0.6) is 0 Å². The van der Waals surface area contributed by atoms with Gasteiger partial charge in [-0.3, -0.25) is 4.79 Å². The smallest absolute Gasteiger partial charge is 0.249 e. The van der Waals surface area contributed by atoms with Gasteiger partial charge >= 0.3 is 0 Å². The predicted octanol–water partition coefficient (Wildman–Crippen LogP) is 2.47. The molecule has 4 heteroatoms. The molecule has 2 rings (SSSR count). The normalized spacial score (nSPS) is 9.75. The number of nitrogens with one attached hydrogen (secondary N) is 1. The van der Waals surface area contributed by atoms with Gasteiger partial charge in [0.25, 0.3) is 0 Å². The van der Waals surface area contributed by atoms with Crippen LogP contribution >= 0.6 is 0 Å². The Labute approximate surface area is 92.6 Å². The Kier molecular flexibility index (Phi) is 2.82. The van der Waals surface area contributed by atoms with Crippen LogP contribution in [0.4, 0.5) is 5.82 Å². The molecule has 2 aromatic rings. The van der Waals surface area contributed by atoms with Gasteiger partial charge in [0.15, 0.2) is 11.6 Å². The van der Waals surface area contributed by atoms with Crippen molar-refractivity contribution in [2.45, 2.75) is 0 Å². The summed E-state index contributed by atoms with van der Waals surface area (Å²) in [5.41, 5.74) is 0.911. The summed E-state index contributed by atoms with van der Waals surface area (Å²) in [7, 11) is 0. The molecule has 1 heterocycles. The monoisotopic (exact) mass is 214 g/mol. The Bertz CT molecular complexity index is 503. The molecule has 80 valence electrons. The number of rotatable bonds is 3. The molecule has 0 atom stereocenters. The van der Waals surface area contributed by atoms with Crippen LogP contribution in [0.15, 0.2) is 53.6 Å². The maximum absolute atomic E-state index is 11.0. The lowest BCUT2D eigenvalue weighted by Crippen LogP contribution is -2.06. The molecule has 0 unspecified atom stereocenters. The van der Waals surface area contributed by atoms with Crippen molar-refractivity contribution in [1.82, 2.24) is 5.16 Å². The highest BCUT2D eigenvalue weighted by molar-refractivity contribution is 5.98. The van der Waals surface area contributed by atoms with Crippen LogP contribution in [0.25, 0.3) is 11.3 Å². The second-order valence-corrected chi connectivity index (χ2v) is 3.14. The lowest BCUT2D eigenvalue weighted by Gasteiger charge is -1.92. The van der Waals surface area contributed by atoms with Gasteiger partial charge in [0.05, 0.1) is 0 Å². The summed E-state index contributed by atoms with van der Waals surface area (Å²) in [6.07, 6.45) is 1.18. The molecule has 0 aliphatic carbocycles. The van der Waals surface area contributed by atoms with Crippen molar-refractivity contribution in [2.24, 2.45) is 0 Å². The van der Waals surface area contributed by atoms with E-state index in [-0.39, 0.29) is 5.91 Å². The lowest BCUT2D eigenvalue weighted by atomic mass is 10.2. The number of amides is 1. The molecule has 16 heavy (non-hydrogen) atoms. The molecule has 0 aliphatic rings. The van der Waals surface area contributed by atoms with Gasteiger partial charge in [-0.2, -0.15) is 0 Å². The van der Waals surface area contributed by atoms with Crippen molar-refractivity contribution < 1.29 is 9.32 Å². The molecule has 1 aromatic heterocycles. The van der Waals surface area contributed by atoms with E-state index in [0.29, 0.717) is 11.6 Å². The maximum Gasteiger partial charge on any atom is 0.249 e. The summed E-state index contributed by atoms with van der Waals surface area (Å²) >= 11 is 0. The number of carbonyl (C=O) groups is 1. The minimum absolute atomic E-state index is 0.312. The first-order valence-corrected chi connectivity index (χ1v) is 4.75. The van der Waals surface area contributed by atoms with Crippen LogP contribution in [0.3, 0.4) is 0 Å². The number of nitrogens with zero attached hydrogens (tertiary/aromatic N) is 1. The summed E-state index contributed by atoms with van der Waals surface area (Å²) in [6, 6.07) is 11.2. The van der Waals surface area contributed by atoms with Crippen molar-refractivity contribution in [3.8, 4) is 11.3 Å². The SMILES string of the molecule is C=CC(=O)Nc1cc(-c2ccccc2)on1. The fourth-order valence-corrected chi connectivity index (χ4v) is 1.25. The van der Waals surface area contributed by atoms with Gasteiger partial charge in [-0.1, -0.05) is 42.1 Å². The van der Waals surface area contributed by atoms with E-state index in [9.17, 15) is 4.79 Å². The third-order valence-electron chi connectivity index (χ3n) is 2.01. The van der Waals surface area contributed by atoms with Gasteiger partial charge in [-0.15, -0.1) is 0 Å². The Balaban J connectivity index is 2.20. The minimum Gasteiger partial charge on any atom is -0.354 e. The molecule has 0 saturated heterocycles. The number of benzene rings is 1. The zero-order chi connectivity index (χ0) is 11.4. The molecule has 1 amide bonds. The highest BCUT2D eigenvalue weighted by atomic mass is 16.5. The number of carbonyl (C=O) groups excluding carboxylic acids is 1. The predicted molar refractivity (Wildman–Crippen MR) is 60.8 cm³/mol. The highest BCUT2D eigenvalue weighted by Gasteiger charge is 2.07. The van der Waals surface area contributed by atoms with Crippen LogP contribution in [0, 0.1) is 0 Å². The highest BCUT2D eigenvalue weighted by Crippen LogP contribution is 2.21. The molecule has 0 radical (unpaired) electrons. The van der Waals surface area contributed by atoms with Gasteiger partial charge in [0.1, 0.15) is 0 Å². The van der Waals surface area contributed by atoms with Crippen LogP contribution < -0.4 is 5.32 Å². The van der Waals surface area contributed by atoms with Gasteiger partial charge in [0, 0.05) is 11.6 Å². The van der Waals surface area contributed by atoms with E-state index in [0.717, 1.165) is 5.56 Å². The van der Waals surface area contributed by atoms with Gasteiger partial charge < -0.3 is 9.84 Å². The third kappa shape index (κ3) is 2.17. The summed E-state index contributed by atoms with van der Waals surface area (Å²) < 4.78 is 5.10. The van der Waals surface area contributed by atoms with Crippen LogP contribution in [-0.2, 0) is 4.79 Å². The summed E-state index contributed by atoms with van der Waals surface area (Å²) in [5.74, 6) is 0.677. The zero-order valence-corrected chi connectivity index (χ0v) is 8.51. The molecule has 1 aromatic carbocycles. The number of aromatic nitrogens is 1. The molecule has 0 saturated carbocycles. The van der Waals surface area contributed by atoms with Crippen molar-refractivity contribution in [3.05, 3.63) is 49.1 Å². The van der Waals surface area contributed by atoms with E-state index in [1.165, 1.54) is 6.08 Å². The molecule has 0 bridgehead atoms. The van der Waals surface area contributed by atoms with E-state index < -0.39 is 0 Å². The van der Waals surface area contributed by atoms with Crippen molar-refractivity contribution in [1.29, 1.82) is 0 Å². The van der Waals surface area contributed by atoms with E-state index in [1.807, 2.05) is 30.3 Å². The Morgan fingerprint density at radius 2 is 2.12 bits per heavy atom. The van der Waals surface area contributed by atoms with E-state index in [1.54, 1.807) is 6.07 Å². The zero-order valence-electron chi connectivity index (χ0n) is 8.51. The summed E-state index contributed by atoms with van der Waals surface area (Å²) in [4.78, 5) is 11.0. The number of anilines is 1. The largest absolute Gasteiger partial charge is 0.354 e. The summed E-state index contributed by atoms with van der Waals surface area (Å²) in [5, 5.41) is 6.25. The topological polar surface area (TPSA) is 55.1 Å². The third-order valence-corrected chi connectivity index (χ3v) is 2.01. The van der Waals surface area contributed by atoms with Crippen LogP contribution in [0.1, 0.15) is 0 Å². The first-order valence-electron chi connectivity index (χ1n) is 4.75. The van der Waals surface area contributed by atoms with Crippen molar-refractivity contribution in [3.63, 3.8) is 0 Å².